The fourth-order valence-corrected chi connectivity index (χ4v) is 2.29. The Morgan fingerprint density at radius 2 is 1.79 bits per heavy atom. The number of anilines is 1. The average molecular weight is 400 g/mol. The van der Waals surface area contributed by atoms with Crippen molar-refractivity contribution in [2.24, 2.45) is 0 Å². The highest BCUT2D eigenvalue weighted by Crippen LogP contribution is 2.29. The molecule has 0 saturated heterocycles. The van der Waals surface area contributed by atoms with Gasteiger partial charge in [-0.25, -0.2) is 4.79 Å². The van der Waals surface area contributed by atoms with Crippen LogP contribution < -0.4 is 14.8 Å². The number of methoxy groups -OCH3 is 2. The fraction of sp³-hybridized carbons (Fsp3) is 0.200. The summed E-state index contributed by atoms with van der Waals surface area (Å²) in [7, 11) is 2.92. The highest BCUT2D eigenvalue weighted by molar-refractivity contribution is 5.97. The zero-order chi connectivity index (χ0) is 21.4. The van der Waals surface area contributed by atoms with Crippen molar-refractivity contribution >= 4 is 29.3 Å². The van der Waals surface area contributed by atoms with Crippen molar-refractivity contribution in [2.75, 3.05) is 19.5 Å². The first kappa shape index (κ1) is 21.4. The van der Waals surface area contributed by atoms with Crippen molar-refractivity contribution in [2.45, 2.75) is 13.0 Å². The molecular weight excluding hydrogens is 380 g/mol. The zero-order valence-corrected chi connectivity index (χ0v) is 16.1. The summed E-state index contributed by atoms with van der Waals surface area (Å²) in [6.45, 7) is 1.39. The molecule has 1 atom stereocenters. The lowest BCUT2D eigenvalue weighted by molar-refractivity contribution is -0.384. The van der Waals surface area contributed by atoms with E-state index in [1.165, 1.54) is 38.3 Å². The van der Waals surface area contributed by atoms with Gasteiger partial charge in [0.15, 0.2) is 6.10 Å². The van der Waals surface area contributed by atoms with Crippen LogP contribution >= 0.6 is 0 Å². The first-order chi connectivity index (χ1) is 13.8. The largest absolute Gasteiger partial charge is 0.497 e. The molecule has 0 unspecified atom stereocenters. The summed E-state index contributed by atoms with van der Waals surface area (Å²) in [6, 6.07) is 10.8. The van der Waals surface area contributed by atoms with Gasteiger partial charge in [-0.3, -0.25) is 14.9 Å². The number of esters is 1. The maximum absolute atomic E-state index is 12.3. The molecule has 1 amide bonds. The Morgan fingerprint density at radius 1 is 1.10 bits per heavy atom. The van der Waals surface area contributed by atoms with Crippen LogP contribution in [0.25, 0.3) is 6.08 Å². The van der Waals surface area contributed by atoms with Gasteiger partial charge in [0.2, 0.25) is 0 Å². The Labute approximate surface area is 167 Å². The summed E-state index contributed by atoms with van der Waals surface area (Å²) in [5, 5.41) is 13.4. The molecule has 0 bridgehead atoms. The highest BCUT2D eigenvalue weighted by atomic mass is 16.6. The van der Waals surface area contributed by atoms with E-state index in [0.717, 1.165) is 11.6 Å². The van der Waals surface area contributed by atoms with Crippen molar-refractivity contribution in [1.82, 2.24) is 0 Å². The third-order valence-electron chi connectivity index (χ3n) is 3.84. The number of amides is 1. The molecule has 0 heterocycles. The summed E-state index contributed by atoms with van der Waals surface area (Å²) < 4.78 is 15.2. The Bertz CT molecular complexity index is 923. The number of carbonyl (C=O) groups is 2. The summed E-state index contributed by atoms with van der Waals surface area (Å²) in [6.07, 6.45) is 1.60. The van der Waals surface area contributed by atoms with E-state index in [1.807, 2.05) is 0 Å². The van der Waals surface area contributed by atoms with E-state index in [4.69, 9.17) is 14.2 Å². The van der Waals surface area contributed by atoms with Crippen LogP contribution in [0.5, 0.6) is 11.5 Å². The average Bonchev–Trinajstić information content (AvgIpc) is 2.72. The minimum absolute atomic E-state index is 0.100. The Balaban J connectivity index is 1.99. The SMILES string of the molecule is COc1ccc(/C=C/C(=O)O[C@@H](C)C(=O)Nc2cc([N+](=O)[O-])ccc2OC)cc1. The second-order valence-electron chi connectivity index (χ2n) is 5.82. The number of nitro benzene ring substituents is 1. The number of carbonyl (C=O) groups excluding carboxylic acids is 2. The van der Waals surface area contributed by atoms with Crippen molar-refractivity contribution in [1.29, 1.82) is 0 Å². The predicted octanol–water partition coefficient (Wildman–Crippen LogP) is 3.20. The maximum Gasteiger partial charge on any atom is 0.331 e. The first-order valence-corrected chi connectivity index (χ1v) is 8.50. The molecule has 0 spiro atoms. The molecule has 0 fully saturated rings. The van der Waals surface area contributed by atoms with Crippen molar-refractivity contribution in [3.05, 3.63) is 64.2 Å². The Hall–Kier alpha value is -3.88. The topological polar surface area (TPSA) is 117 Å². The van der Waals surface area contributed by atoms with Crippen LogP contribution in [0.2, 0.25) is 0 Å². The molecule has 2 rings (SSSR count). The second-order valence-corrected chi connectivity index (χ2v) is 5.82. The molecule has 9 nitrogen and oxygen atoms in total. The molecule has 152 valence electrons. The number of ether oxygens (including phenoxy) is 3. The van der Waals surface area contributed by atoms with Gasteiger partial charge in [-0.1, -0.05) is 12.1 Å². The van der Waals surface area contributed by atoms with E-state index >= 15 is 0 Å². The van der Waals surface area contributed by atoms with Crippen LogP contribution in [-0.2, 0) is 14.3 Å². The second kappa shape index (κ2) is 9.88. The number of non-ortho nitro benzene ring substituents is 1. The lowest BCUT2D eigenvalue weighted by Gasteiger charge is -2.14. The fourth-order valence-electron chi connectivity index (χ4n) is 2.29. The molecule has 1 N–H and O–H groups in total. The van der Waals surface area contributed by atoms with Gasteiger partial charge in [-0.2, -0.15) is 0 Å². The number of hydrogen-bond donors (Lipinski definition) is 1. The van der Waals surface area contributed by atoms with Crippen LogP contribution in [0.4, 0.5) is 11.4 Å². The molecule has 0 radical (unpaired) electrons. The van der Waals surface area contributed by atoms with Gasteiger partial charge in [-0.15, -0.1) is 0 Å². The number of rotatable bonds is 8. The van der Waals surface area contributed by atoms with Crippen molar-refractivity contribution in [3.63, 3.8) is 0 Å². The predicted molar refractivity (Wildman–Crippen MR) is 106 cm³/mol. The molecule has 0 aliphatic heterocycles. The number of benzene rings is 2. The van der Waals surface area contributed by atoms with E-state index in [-0.39, 0.29) is 17.1 Å². The maximum atomic E-state index is 12.3. The minimum atomic E-state index is -1.13. The summed E-state index contributed by atoms with van der Waals surface area (Å²) in [5.74, 6) is -0.446. The molecule has 0 aliphatic rings. The van der Waals surface area contributed by atoms with Crippen molar-refractivity contribution in [3.8, 4) is 11.5 Å². The monoisotopic (exact) mass is 400 g/mol. The van der Waals surface area contributed by atoms with Crippen LogP contribution in [0.1, 0.15) is 12.5 Å². The molecule has 29 heavy (non-hydrogen) atoms. The Morgan fingerprint density at radius 3 is 2.38 bits per heavy atom. The Kier molecular flexibility index (Phi) is 7.30. The minimum Gasteiger partial charge on any atom is -0.497 e. The van der Waals surface area contributed by atoms with Gasteiger partial charge in [0.1, 0.15) is 11.5 Å². The molecule has 2 aromatic carbocycles. The van der Waals surface area contributed by atoms with Crippen molar-refractivity contribution < 1.29 is 28.7 Å². The lowest BCUT2D eigenvalue weighted by Crippen LogP contribution is -2.29. The van der Waals surface area contributed by atoms with E-state index in [9.17, 15) is 19.7 Å². The van der Waals surface area contributed by atoms with Crippen LogP contribution in [0, 0.1) is 10.1 Å². The molecule has 0 aromatic heterocycles. The third-order valence-corrected chi connectivity index (χ3v) is 3.84. The van der Waals surface area contributed by atoms with Crippen LogP contribution in [0.15, 0.2) is 48.5 Å². The lowest BCUT2D eigenvalue weighted by atomic mass is 10.2. The number of hydrogen-bond acceptors (Lipinski definition) is 7. The first-order valence-electron chi connectivity index (χ1n) is 8.50. The molecule has 2 aromatic rings. The van der Waals surface area contributed by atoms with Gasteiger partial charge < -0.3 is 19.5 Å². The van der Waals surface area contributed by atoms with Gasteiger partial charge in [-0.05, 0) is 36.8 Å². The molecule has 0 saturated carbocycles. The number of nitro groups is 1. The quantitative estimate of drug-likeness (QED) is 0.313. The third kappa shape index (κ3) is 6.06. The molecular formula is C20H20N2O7. The van der Waals surface area contributed by atoms with Gasteiger partial charge in [0, 0.05) is 18.2 Å². The smallest absolute Gasteiger partial charge is 0.331 e. The molecule has 9 heteroatoms. The van der Waals surface area contributed by atoms with E-state index < -0.39 is 22.9 Å². The van der Waals surface area contributed by atoms with E-state index in [1.54, 1.807) is 31.4 Å². The number of nitrogens with one attached hydrogen (secondary N) is 1. The highest BCUT2D eigenvalue weighted by Gasteiger charge is 2.20. The molecule has 0 aliphatic carbocycles. The zero-order valence-electron chi connectivity index (χ0n) is 16.1. The van der Waals surface area contributed by atoms with Gasteiger partial charge >= 0.3 is 5.97 Å². The van der Waals surface area contributed by atoms with E-state index in [2.05, 4.69) is 5.32 Å². The summed E-state index contributed by atoms with van der Waals surface area (Å²) >= 11 is 0. The standard InChI is InChI=1S/C20H20N2O7/c1-13(29-19(23)11-6-14-4-8-16(27-2)9-5-14)20(24)21-17-12-15(22(25)26)7-10-18(17)28-3/h4-13H,1-3H3,(H,21,24)/b11-6+/t13-/m0/s1. The van der Waals surface area contributed by atoms with E-state index in [0.29, 0.717) is 5.75 Å². The van der Waals surface area contributed by atoms with Gasteiger partial charge in [0.05, 0.1) is 24.8 Å². The van der Waals surface area contributed by atoms with Gasteiger partial charge in [0.25, 0.3) is 11.6 Å². The normalized spacial score (nSPS) is 11.6. The summed E-state index contributed by atoms with van der Waals surface area (Å²) in [5.41, 5.74) is 0.637. The number of nitrogens with zero attached hydrogens (tertiary/aromatic N) is 1. The summed E-state index contributed by atoms with van der Waals surface area (Å²) in [4.78, 5) is 34.6. The van der Waals surface area contributed by atoms with Crippen LogP contribution in [0.3, 0.4) is 0 Å². The van der Waals surface area contributed by atoms with Crippen LogP contribution in [-0.4, -0.2) is 37.1 Å².